The monoisotopic (exact) mass is 274 g/mol. The summed E-state index contributed by atoms with van der Waals surface area (Å²) in [5, 5.41) is 0. The predicted octanol–water partition coefficient (Wildman–Crippen LogP) is 3.54. The lowest BCUT2D eigenvalue weighted by molar-refractivity contribution is 0.970. The van der Waals surface area contributed by atoms with Crippen molar-refractivity contribution >= 4 is 27.4 Å². The van der Waals surface area contributed by atoms with Crippen LogP contribution in [0.25, 0.3) is 0 Å². The van der Waals surface area contributed by atoms with E-state index in [2.05, 4.69) is 50.1 Å². The Balaban J connectivity index is 2.08. The van der Waals surface area contributed by atoms with E-state index in [9.17, 15) is 0 Å². The SMILES string of the molecule is Brc1cccnc1N1CCc2ccccc21. The Hall–Kier alpha value is -1.35. The first kappa shape index (κ1) is 9.85. The van der Waals surface area contributed by atoms with Crippen LogP contribution in [0, 0.1) is 0 Å². The molecule has 80 valence electrons. The zero-order valence-corrected chi connectivity index (χ0v) is 10.3. The van der Waals surface area contributed by atoms with Gasteiger partial charge in [-0.05, 0) is 46.1 Å². The zero-order valence-electron chi connectivity index (χ0n) is 8.73. The van der Waals surface area contributed by atoms with Gasteiger partial charge in [0.25, 0.3) is 0 Å². The van der Waals surface area contributed by atoms with E-state index in [1.54, 1.807) is 0 Å². The average Bonchev–Trinajstić information content (AvgIpc) is 2.74. The van der Waals surface area contributed by atoms with E-state index in [4.69, 9.17) is 0 Å². The molecule has 0 N–H and O–H groups in total. The van der Waals surface area contributed by atoms with Crippen molar-refractivity contribution in [2.24, 2.45) is 0 Å². The molecule has 0 fully saturated rings. The van der Waals surface area contributed by atoms with Crippen molar-refractivity contribution in [2.75, 3.05) is 11.4 Å². The summed E-state index contributed by atoms with van der Waals surface area (Å²) in [6, 6.07) is 12.5. The number of benzene rings is 1. The van der Waals surface area contributed by atoms with E-state index in [1.165, 1.54) is 11.3 Å². The van der Waals surface area contributed by atoms with Crippen molar-refractivity contribution in [1.29, 1.82) is 0 Å². The Kier molecular flexibility index (Phi) is 2.40. The Morgan fingerprint density at radius 2 is 2.00 bits per heavy atom. The Labute approximate surface area is 103 Å². The quantitative estimate of drug-likeness (QED) is 0.791. The van der Waals surface area contributed by atoms with Crippen LogP contribution in [0.2, 0.25) is 0 Å². The molecule has 0 saturated heterocycles. The van der Waals surface area contributed by atoms with Crippen molar-refractivity contribution in [3.63, 3.8) is 0 Å². The number of hydrogen-bond acceptors (Lipinski definition) is 2. The van der Waals surface area contributed by atoms with Crippen LogP contribution >= 0.6 is 15.9 Å². The number of pyridine rings is 1. The summed E-state index contributed by atoms with van der Waals surface area (Å²) in [6.45, 7) is 1.01. The van der Waals surface area contributed by atoms with Gasteiger partial charge in [-0.25, -0.2) is 4.98 Å². The Morgan fingerprint density at radius 1 is 1.12 bits per heavy atom. The van der Waals surface area contributed by atoms with Gasteiger partial charge in [-0.3, -0.25) is 0 Å². The third-order valence-corrected chi connectivity index (χ3v) is 3.50. The van der Waals surface area contributed by atoms with Crippen LogP contribution in [0.3, 0.4) is 0 Å². The van der Waals surface area contributed by atoms with Crippen molar-refractivity contribution in [3.05, 3.63) is 52.6 Å². The molecule has 1 aromatic heterocycles. The van der Waals surface area contributed by atoms with Crippen molar-refractivity contribution in [2.45, 2.75) is 6.42 Å². The molecule has 1 aliphatic heterocycles. The van der Waals surface area contributed by atoms with Gasteiger partial charge in [0.2, 0.25) is 0 Å². The van der Waals surface area contributed by atoms with Crippen LogP contribution in [-0.2, 0) is 6.42 Å². The summed E-state index contributed by atoms with van der Waals surface area (Å²) in [7, 11) is 0. The molecule has 3 heteroatoms. The first-order chi connectivity index (χ1) is 7.86. The maximum Gasteiger partial charge on any atom is 0.147 e. The number of nitrogens with zero attached hydrogens (tertiary/aromatic N) is 2. The number of hydrogen-bond donors (Lipinski definition) is 0. The molecular formula is C13H11BrN2. The number of para-hydroxylation sites is 1. The van der Waals surface area contributed by atoms with Crippen LogP contribution in [0.5, 0.6) is 0 Å². The van der Waals surface area contributed by atoms with Crippen LogP contribution in [0.4, 0.5) is 11.5 Å². The van der Waals surface area contributed by atoms with Gasteiger partial charge in [-0.1, -0.05) is 18.2 Å². The summed E-state index contributed by atoms with van der Waals surface area (Å²) in [6.07, 6.45) is 2.93. The van der Waals surface area contributed by atoms with Crippen molar-refractivity contribution < 1.29 is 0 Å². The molecule has 0 radical (unpaired) electrons. The number of fused-ring (bicyclic) bond motifs is 1. The van der Waals surface area contributed by atoms with Crippen molar-refractivity contribution in [1.82, 2.24) is 4.98 Å². The summed E-state index contributed by atoms with van der Waals surface area (Å²) in [5.74, 6) is 1.01. The van der Waals surface area contributed by atoms with E-state index in [1.807, 2.05) is 18.3 Å². The molecule has 0 spiro atoms. The van der Waals surface area contributed by atoms with E-state index in [0.29, 0.717) is 0 Å². The fraction of sp³-hybridized carbons (Fsp3) is 0.154. The molecule has 0 saturated carbocycles. The number of aromatic nitrogens is 1. The van der Waals surface area contributed by atoms with E-state index in [-0.39, 0.29) is 0 Å². The lowest BCUT2D eigenvalue weighted by Gasteiger charge is -2.19. The molecule has 0 amide bonds. The highest BCUT2D eigenvalue weighted by Gasteiger charge is 2.21. The predicted molar refractivity (Wildman–Crippen MR) is 69.1 cm³/mol. The molecule has 2 aromatic rings. The lowest BCUT2D eigenvalue weighted by Crippen LogP contribution is -2.15. The van der Waals surface area contributed by atoms with Gasteiger partial charge in [0.1, 0.15) is 5.82 Å². The Bertz CT molecular complexity index is 525. The highest BCUT2D eigenvalue weighted by atomic mass is 79.9. The number of rotatable bonds is 1. The second kappa shape index (κ2) is 3.91. The third kappa shape index (κ3) is 1.52. The van der Waals surface area contributed by atoms with Crippen LogP contribution in [0.15, 0.2) is 47.1 Å². The number of halogens is 1. The van der Waals surface area contributed by atoms with Gasteiger partial charge in [0, 0.05) is 18.4 Å². The second-order valence-electron chi connectivity index (χ2n) is 3.84. The fourth-order valence-corrected chi connectivity index (χ4v) is 2.60. The normalized spacial score (nSPS) is 13.9. The first-order valence-corrected chi connectivity index (χ1v) is 6.11. The summed E-state index contributed by atoms with van der Waals surface area (Å²) in [5.41, 5.74) is 2.68. The maximum absolute atomic E-state index is 4.44. The van der Waals surface area contributed by atoms with E-state index < -0.39 is 0 Å². The first-order valence-electron chi connectivity index (χ1n) is 5.32. The lowest BCUT2D eigenvalue weighted by atomic mass is 10.2. The van der Waals surface area contributed by atoms with E-state index in [0.717, 1.165) is 23.3 Å². The largest absolute Gasteiger partial charge is 0.325 e. The molecule has 2 nitrogen and oxygen atoms in total. The van der Waals surface area contributed by atoms with Gasteiger partial charge < -0.3 is 4.90 Å². The standard InChI is InChI=1S/C13H11BrN2/c14-11-5-3-8-15-13(11)16-9-7-10-4-1-2-6-12(10)16/h1-6,8H,7,9H2. The molecule has 0 unspecified atom stereocenters. The summed E-state index contributed by atoms with van der Waals surface area (Å²) in [4.78, 5) is 6.70. The number of anilines is 2. The minimum atomic E-state index is 1.01. The minimum absolute atomic E-state index is 1.01. The smallest absolute Gasteiger partial charge is 0.147 e. The molecule has 2 heterocycles. The summed E-state index contributed by atoms with van der Waals surface area (Å²) < 4.78 is 1.05. The molecule has 0 atom stereocenters. The van der Waals surface area contributed by atoms with E-state index >= 15 is 0 Å². The van der Waals surface area contributed by atoms with Crippen LogP contribution in [-0.4, -0.2) is 11.5 Å². The molecule has 3 rings (SSSR count). The average molecular weight is 275 g/mol. The second-order valence-corrected chi connectivity index (χ2v) is 4.69. The van der Waals surface area contributed by atoms with Gasteiger partial charge in [-0.2, -0.15) is 0 Å². The maximum atomic E-state index is 4.44. The summed E-state index contributed by atoms with van der Waals surface area (Å²) >= 11 is 3.55. The van der Waals surface area contributed by atoms with Gasteiger partial charge in [0.05, 0.1) is 4.47 Å². The topological polar surface area (TPSA) is 16.1 Å². The Morgan fingerprint density at radius 3 is 2.88 bits per heavy atom. The van der Waals surface area contributed by atoms with Gasteiger partial charge in [0.15, 0.2) is 0 Å². The zero-order chi connectivity index (χ0) is 11.0. The van der Waals surface area contributed by atoms with Gasteiger partial charge in [-0.15, -0.1) is 0 Å². The molecule has 16 heavy (non-hydrogen) atoms. The van der Waals surface area contributed by atoms with Crippen molar-refractivity contribution in [3.8, 4) is 0 Å². The molecule has 0 aliphatic carbocycles. The van der Waals surface area contributed by atoms with Crippen LogP contribution < -0.4 is 4.90 Å². The minimum Gasteiger partial charge on any atom is -0.325 e. The highest BCUT2D eigenvalue weighted by molar-refractivity contribution is 9.10. The molecular weight excluding hydrogens is 264 g/mol. The van der Waals surface area contributed by atoms with Crippen LogP contribution in [0.1, 0.15) is 5.56 Å². The molecule has 0 bridgehead atoms. The van der Waals surface area contributed by atoms with Gasteiger partial charge >= 0.3 is 0 Å². The molecule has 1 aliphatic rings. The fourth-order valence-electron chi connectivity index (χ4n) is 2.13. The highest BCUT2D eigenvalue weighted by Crippen LogP contribution is 2.36. The third-order valence-electron chi connectivity index (χ3n) is 2.88. The molecule has 1 aromatic carbocycles.